The number of allylic oxidation sites excluding steroid dienone is 4. The van der Waals surface area contributed by atoms with Crippen molar-refractivity contribution in [1.82, 2.24) is 0 Å². The summed E-state index contributed by atoms with van der Waals surface area (Å²) >= 11 is 0. The molecule has 0 spiro atoms. The van der Waals surface area contributed by atoms with E-state index in [2.05, 4.69) is 6.08 Å². The topological polar surface area (TPSA) is 98.0 Å². The van der Waals surface area contributed by atoms with Crippen LogP contribution in [0.1, 0.15) is 65.7 Å². The Kier molecular flexibility index (Phi) is 9.99. The summed E-state index contributed by atoms with van der Waals surface area (Å²) < 4.78 is 0. The maximum absolute atomic E-state index is 10.5. The SMILES string of the molecule is CC(C)=CCCC(C)(O)/C=C/[C@@H]1[C@@H](C/C=C\CCCC(=O)O)[C@@H](O)C[C@H]1O. The second-order valence-electron chi connectivity index (χ2n) is 8.14. The van der Waals surface area contributed by atoms with E-state index in [1.807, 2.05) is 32.1 Å². The van der Waals surface area contributed by atoms with Crippen LogP contribution >= 0.6 is 0 Å². The van der Waals surface area contributed by atoms with Crippen molar-refractivity contribution in [2.24, 2.45) is 11.8 Å². The Bertz CT molecular complexity index is 543. The number of hydrogen-bond donors (Lipinski definition) is 4. The van der Waals surface area contributed by atoms with Gasteiger partial charge in [-0.1, -0.05) is 36.0 Å². The van der Waals surface area contributed by atoms with Crippen molar-refractivity contribution >= 4 is 5.97 Å². The Morgan fingerprint density at radius 1 is 1.15 bits per heavy atom. The normalized spacial score (nSPS) is 27.9. The second kappa shape index (κ2) is 11.4. The quantitative estimate of drug-likeness (QED) is 0.324. The first-order valence-electron chi connectivity index (χ1n) is 9.90. The van der Waals surface area contributed by atoms with Gasteiger partial charge in [0, 0.05) is 18.8 Å². The zero-order valence-electron chi connectivity index (χ0n) is 16.8. The standard InChI is InChI=1S/C22H36O5/c1-16(2)9-8-13-22(3,27)14-12-18-17(19(23)15-20(18)24)10-6-4-5-7-11-21(25)26/h4,6,9,12,14,17-20,23-24,27H,5,7-8,10-11,13,15H2,1-3H3,(H,25,26)/b6-4-,14-12+/t17-,18-,19+,20-,22?/m1/s1. The number of aliphatic hydroxyl groups excluding tert-OH is 2. The van der Waals surface area contributed by atoms with E-state index >= 15 is 0 Å². The molecule has 1 aliphatic carbocycles. The summed E-state index contributed by atoms with van der Waals surface area (Å²) in [6, 6.07) is 0. The lowest BCUT2D eigenvalue weighted by atomic mass is 9.88. The van der Waals surface area contributed by atoms with Crippen LogP contribution in [-0.2, 0) is 4.79 Å². The minimum atomic E-state index is -0.948. The fourth-order valence-corrected chi connectivity index (χ4v) is 3.50. The van der Waals surface area contributed by atoms with E-state index in [0.717, 1.165) is 6.42 Å². The molecule has 4 N–H and O–H groups in total. The maximum atomic E-state index is 10.5. The highest BCUT2D eigenvalue weighted by atomic mass is 16.4. The van der Waals surface area contributed by atoms with Crippen molar-refractivity contribution in [2.75, 3.05) is 0 Å². The third kappa shape index (κ3) is 9.36. The van der Waals surface area contributed by atoms with Gasteiger partial charge in [0.1, 0.15) is 0 Å². The molecule has 1 aliphatic rings. The van der Waals surface area contributed by atoms with Gasteiger partial charge in [-0.15, -0.1) is 0 Å². The van der Waals surface area contributed by atoms with Gasteiger partial charge in [-0.3, -0.25) is 4.79 Å². The number of carboxylic acids is 1. The molecule has 1 unspecified atom stereocenters. The summed E-state index contributed by atoms with van der Waals surface area (Å²) in [5.74, 6) is -1.08. The summed E-state index contributed by atoms with van der Waals surface area (Å²) in [4.78, 5) is 10.5. The number of aliphatic hydroxyl groups is 3. The van der Waals surface area contributed by atoms with Crippen LogP contribution in [0.4, 0.5) is 0 Å². The Hall–Kier alpha value is -1.43. The lowest BCUT2D eigenvalue weighted by molar-refractivity contribution is -0.137. The van der Waals surface area contributed by atoms with Crippen molar-refractivity contribution in [1.29, 1.82) is 0 Å². The monoisotopic (exact) mass is 380 g/mol. The molecule has 0 saturated heterocycles. The maximum Gasteiger partial charge on any atom is 0.303 e. The van der Waals surface area contributed by atoms with Crippen molar-refractivity contribution < 1.29 is 25.2 Å². The molecule has 0 aromatic carbocycles. The van der Waals surface area contributed by atoms with E-state index in [0.29, 0.717) is 32.1 Å². The molecule has 5 heteroatoms. The van der Waals surface area contributed by atoms with Gasteiger partial charge in [-0.05, 0) is 58.8 Å². The molecule has 0 amide bonds. The Balaban J connectivity index is 2.60. The Morgan fingerprint density at radius 3 is 2.48 bits per heavy atom. The first-order valence-corrected chi connectivity index (χ1v) is 9.90. The highest BCUT2D eigenvalue weighted by Gasteiger charge is 2.39. The summed E-state index contributed by atoms with van der Waals surface area (Å²) in [5.41, 5.74) is 0.274. The fourth-order valence-electron chi connectivity index (χ4n) is 3.50. The van der Waals surface area contributed by atoms with Crippen LogP contribution in [0.3, 0.4) is 0 Å². The smallest absolute Gasteiger partial charge is 0.303 e. The average molecular weight is 381 g/mol. The number of carbonyl (C=O) groups is 1. The number of carboxylic acid groups (broad SMARTS) is 1. The molecule has 1 fully saturated rings. The molecule has 0 radical (unpaired) electrons. The van der Waals surface area contributed by atoms with Crippen molar-refractivity contribution in [2.45, 2.75) is 83.5 Å². The highest BCUT2D eigenvalue weighted by molar-refractivity contribution is 5.66. The van der Waals surface area contributed by atoms with Gasteiger partial charge in [0.15, 0.2) is 0 Å². The zero-order chi connectivity index (χ0) is 20.4. The van der Waals surface area contributed by atoms with Gasteiger partial charge in [-0.25, -0.2) is 0 Å². The second-order valence-corrected chi connectivity index (χ2v) is 8.14. The Labute approximate surface area is 163 Å². The van der Waals surface area contributed by atoms with E-state index in [-0.39, 0.29) is 18.3 Å². The summed E-state index contributed by atoms with van der Waals surface area (Å²) in [5, 5.41) is 39.7. The van der Waals surface area contributed by atoms with Gasteiger partial charge in [0.25, 0.3) is 0 Å². The van der Waals surface area contributed by atoms with Crippen LogP contribution in [-0.4, -0.2) is 44.2 Å². The van der Waals surface area contributed by atoms with Crippen LogP contribution in [0.15, 0.2) is 36.0 Å². The lowest BCUT2D eigenvalue weighted by Crippen LogP contribution is -2.24. The summed E-state index contributed by atoms with van der Waals surface area (Å²) in [6.07, 6.45) is 12.2. The van der Waals surface area contributed by atoms with Crippen molar-refractivity contribution in [3.63, 3.8) is 0 Å². The number of aliphatic carboxylic acids is 1. The van der Waals surface area contributed by atoms with Gasteiger partial charge in [0.2, 0.25) is 0 Å². The molecular formula is C22H36O5. The first-order chi connectivity index (χ1) is 12.6. The van der Waals surface area contributed by atoms with Crippen LogP contribution in [0.5, 0.6) is 0 Å². The van der Waals surface area contributed by atoms with E-state index in [9.17, 15) is 20.1 Å². The van der Waals surface area contributed by atoms with E-state index in [1.165, 1.54) is 5.57 Å². The predicted molar refractivity (Wildman–Crippen MR) is 107 cm³/mol. The zero-order valence-corrected chi connectivity index (χ0v) is 16.8. The van der Waals surface area contributed by atoms with Crippen LogP contribution in [0.2, 0.25) is 0 Å². The first kappa shape index (κ1) is 23.6. The molecule has 5 atom stereocenters. The number of hydrogen-bond acceptors (Lipinski definition) is 4. The van der Waals surface area contributed by atoms with Crippen molar-refractivity contribution in [3.05, 3.63) is 36.0 Å². The molecule has 0 aromatic heterocycles. The molecule has 0 aliphatic heterocycles. The summed E-state index contributed by atoms with van der Waals surface area (Å²) in [7, 11) is 0. The van der Waals surface area contributed by atoms with E-state index in [4.69, 9.17) is 5.11 Å². The van der Waals surface area contributed by atoms with Gasteiger partial charge >= 0.3 is 5.97 Å². The van der Waals surface area contributed by atoms with Gasteiger partial charge in [0.05, 0.1) is 17.8 Å². The predicted octanol–water partition coefficient (Wildman–Crippen LogP) is 3.60. The molecule has 0 aromatic rings. The third-order valence-corrected chi connectivity index (χ3v) is 5.13. The number of rotatable bonds is 11. The van der Waals surface area contributed by atoms with E-state index in [1.54, 1.807) is 13.0 Å². The highest BCUT2D eigenvalue weighted by Crippen LogP contribution is 2.37. The molecular weight excluding hydrogens is 344 g/mol. The minimum absolute atomic E-state index is 0.0967. The van der Waals surface area contributed by atoms with Crippen molar-refractivity contribution in [3.8, 4) is 0 Å². The molecule has 5 nitrogen and oxygen atoms in total. The molecule has 154 valence electrons. The van der Waals surface area contributed by atoms with Gasteiger partial charge in [-0.2, -0.15) is 0 Å². The lowest BCUT2D eigenvalue weighted by Gasteiger charge is -2.23. The average Bonchev–Trinajstić information content (AvgIpc) is 2.81. The number of unbranched alkanes of at least 4 members (excludes halogenated alkanes) is 1. The van der Waals surface area contributed by atoms with Gasteiger partial charge < -0.3 is 20.4 Å². The van der Waals surface area contributed by atoms with Crippen LogP contribution in [0, 0.1) is 11.8 Å². The molecule has 1 saturated carbocycles. The Morgan fingerprint density at radius 2 is 1.85 bits per heavy atom. The molecule has 27 heavy (non-hydrogen) atoms. The van der Waals surface area contributed by atoms with E-state index < -0.39 is 23.8 Å². The van der Waals surface area contributed by atoms with Crippen LogP contribution in [0.25, 0.3) is 0 Å². The fraction of sp³-hybridized carbons (Fsp3) is 0.682. The molecule has 0 heterocycles. The third-order valence-electron chi connectivity index (χ3n) is 5.13. The van der Waals surface area contributed by atoms with Crippen LogP contribution < -0.4 is 0 Å². The largest absolute Gasteiger partial charge is 0.481 e. The summed E-state index contributed by atoms with van der Waals surface area (Å²) in [6.45, 7) is 5.82. The minimum Gasteiger partial charge on any atom is -0.481 e. The molecule has 0 bridgehead atoms. The molecule has 1 rings (SSSR count).